The summed E-state index contributed by atoms with van der Waals surface area (Å²) >= 11 is 18.7. The molecule has 0 unspecified atom stereocenters. The third kappa shape index (κ3) is 4.78. The van der Waals surface area contributed by atoms with Gasteiger partial charge in [-0.2, -0.15) is 0 Å². The van der Waals surface area contributed by atoms with Crippen LogP contribution in [0.4, 0.5) is 5.69 Å². The van der Waals surface area contributed by atoms with E-state index in [-0.39, 0.29) is 5.91 Å². The van der Waals surface area contributed by atoms with Gasteiger partial charge in [0, 0.05) is 32.7 Å². The van der Waals surface area contributed by atoms with E-state index in [1.54, 1.807) is 18.2 Å². The fraction of sp³-hybridized carbons (Fsp3) is 0.292. The van der Waals surface area contributed by atoms with Crippen molar-refractivity contribution in [2.24, 2.45) is 0 Å². The standard InChI is InChI=1S/C24H24Cl3N3O/c1-17-22(27)23(24(31)30(17)19-9-10-20(25)21(26)16-19)29-14-12-28(13-15-29)11-5-8-18-6-3-2-4-7-18/h3,5-10,16H,1-2,4,11-15H2/b8-5+. The first kappa shape index (κ1) is 22.2. The predicted molar refractivity (Wildman–Crippen MR) is 130 cm³/mol. The van der Waals surface area contributed by atoms with Crippen LogP contribution in [0.2, 0.25) is 10.0 Å². The number of benzene rings is 1. The van der Waals surface area contributed by atoms with E-state index in [0.717, 1.165) is 45.6 Å². The van der Waals surface area contributed by atoms with Gasteiger partial charge in [-0.3, -0.25) is 14.6 Å². The van der Waals surface area contributed by atoms with Crippen molar-refractivity contribution < 1.29 is 4.79 Å². The molecule has 2 heterocycles. The van der Waals surface area contributed by atoms with Crippen LogP contribution in [0.5, 0.6) is 0 Å². The highest BCUT2D eigenvalue weighted by atomic mass is 35.5. The fourth-order valence-corrected chi connectivity index (χ4v) is 4.55. The number of carbonyl (C=O) groups excluding carboxylic acids is 1. The van der Waals surface area contributed by atoms with Gasteiger partial charge in [0.25, 0.3) is 5.91 Å². The molecule has 0 N–H and O–H groups in total. The zero-order chi connectivity index (χ0) is 22.0. The van der Waals surface area contributed by atoms with E-state index in [4.69, 9.17) is 34.8 Å². The zero-order valence-electron chi connectivity index (χ0n) is 17.2. The Hall–Kier alpha value is -1.98. The van der Waals surface area contributed by atoms with Gasteiger partial charge in [0.15, 0.2) is 0 Å². The highest BCUT2D eigenvalue weighted by molar-refractivity contribution is 6.42. The zero-order valence-corrected chi connectivity index (χ0v) is 19.4. The Morgan fingerprint density at radius 3 is 2.48 bits per heavy atom. The summed E-state index contributed by atoms with van der Waals surface area (Å²) in [7, 11) is 0. The molecule has 0 atom stereocenters. The molecular formula is C24H24Cl3N3O. The first-order valence-corrected chi connectivity index (χ1v) is 11.5. The van der Waals surface area contributed by atoms with Gasteiger partial charge in [-0.1, -0.05) is 71.8 Å². The van der Waals surface area contributed by atoms with Gasteiger partial charge in [-0.25, -0.2) is 0 Å². The van der Waals surface area contributed by atoms with Crippen molar-refractivity contribution in [3.63, 3.8) is 0 Å². The smallest absolute Gasteiger partial charge is 0.280 e. The number of nitrogens with zero attached hydrogens (tertiary/aromatic N) is 3. The molecule has 1 aromatic rings. The molecule has 1 aromatic carbocycles. The number of amides is 1. The number of halogens is 3. The summed E-state index contributed by atoms with van der Waals surface area (Å²) in [6, 6.07) is 5.06. The number of hydrogen-bond donors (Lipinski definition) is 0. The molecule has 4 rings (SSSR count). The van der Waals surface area contributed by atoms with Gasteiger partial charge in [-0.05, 0) is 36.6 Å². The monoisotopic (exact) mass is 475 g/mol. The van der Waals surface area contributed by atoms with E-state index in [2.05, 4.69) is 46.8 Å². The van der Waals surface area contributed by atoms with Gasteiger partial charge < -0.3 is 4.90 Å². The molecule has 31 heavy (non-hydrogen) atoms. The van der Waals surface area contributed by atoms with Crippen molar-refractivity contribution >= 4 is 46.4 Å². The predicted octanol–water partition coefficient (Wildman–Crippen LogP) is 5.75. The highest BCUT2D eigenvalue weighted by Crippen LogP contribution is 2.38. The minimum Gasteiger partial charge on any atom is -0.363 e. The third-order valence-electron chi connectivity index (χ3n) is 5.68. The normalized spacial score (nSPS) is 20.4. The Labute approximate surface area is 198 Å². The second-order valence-electron chi connectivity index (χ2n) is 7.72. The first-order valence-electron chi connectivity index (χ1n) is 10.3. The van der Waals surface area contributed by atoms with Crippen molar-refractivity contribution in [1.82, 2.24) is 9.80 Å². The molecular weight excluding hydrogens is 453 g/mol. The number of hydrogen-bond acceptors (Lipinski definition) is 3. The maximum atomic E-state index is 13.2. The van der Waals surface area contributed by atoms with Gasteiger partial charge in [0.1, 0.15) is 5.70 Å². The average molecular weight is 477 g/mol. The molecule has 1 amide bonds. The Balaban J connectivity index is 1.38. The summed E-state index contributed by atoms with van der Waals surface area (Å²) < 4.78 is 0. The van der Waals surface area contributed by atoms with Crippen molar-refractivity contribution in [3.8, 4) is 0 Å². The van der Waals surface area contributed by atoms with Crippen LogP contribution in [0.25, 0.3) is 0 Å². The van der Waals surface area contributed by atoms with E-state index < -0.39 is 0 Å². The lowest BCUT2D eigenvalue weighted by atomic mass is 10.1. The summed E-state index contributed by atoms with van der Waals surface area (Å²) in [6.07, 6.45) is 13.3. The molecule has 7 heteroatoms. The van der Waals surface area contributed by atoms with Crippen LogP contribution in [-0.2, 0) is 4.79 Å². The van der Waals surface area contributed by atoms with Crippen LogP contribution >= 0.6 is 34.8 Å². The van der Waals surface area contributed by atoms with Crippen LogP contribution in [0.3, 0.4) is 0 Å². The first-order chi connectivity index (χ1) is 15.0. The summed E-state index contributed by atoms with van der Waals surface area (Å²) in [6.45, 7) is 8.10. The van der Waals surface area contributed by atoms with Crippen molar-refractivity contribution in [3.05, 3.63) is 87.2 Å². The lowest BCUT2D eigenvalue weighted by molar-refractivity contribution is -0.115. The SMILES string of the molecule is C=C1C(Cl)=C(N2CCN(C/C=C/C3=CCCC=C3)CC2)C(=O)N1c1ccc(Cl)c(Cl)c1. The van der Waals surface area contributed by atoms with E-state index in [9.17, 15) is 4.79 Å². The van der Waals surface area contributed by atoms with Crippen LogP contribution in [-0.4, -0.2) is 48.4 Å². The lowest BCUT2D eigenvalue weighted by Crippen LogP contribution is -2.47. The van der Waals surface area contributed by atoms with Gasteiger partial charge >= 0.3 is 0 Å². The number of rotatable bonds is 5. The van der Waals surface area contributed by atoms with Gasteiger partial charge in [-0.15, -0.1) is 0 Å². The molecule has 0 aromatic heterocycles. The summed E-state index contributed by atoms with van der Waals surface area (Å²) in [4.78, 5) is 19.1. The van der Waals surface area contributed by atoms with Crippen LogP contribution in [0, 0.1) is 0 Å². The molecule has 0 saturated carbocycles. The van der Waals surface area contributed by atoms with Gasteiger partial charge in [0.2, 0.25) is 0 Å². The third-order valence-corrected chi connectivity index (χ3v) is 6.82. The number of piperazine rings is 1. The quantitative estimate of drug-likeness (QED) is 0.541. The topological polar surface area (TPSA) is 26.8 Å². The van der Waals surface area contributed by atoms with Crippen LogP contribution in [0.1, 0.15) is 12.8 Å². The highest BCUT2D eigenvalue weighted by Gasteiger charge is 2.38. The molecule has 1 fully saturated rings. The Bertz CT molecular complexity index is 1020. The minimum atomic E-state index is -0.183. The molecule has 1 saturated heterocycles. The molecule has 2 aliphatic heterocycles. The number of carbonyl (C=O) groups is 1. The van der Waals surface area contributed by atoms with E-state index >= 15 is 0 Å². The van der Waals surface area contributed by atoms with Crippen molar-refractivity contribution in [2.75, 3.05) is 37.6 Å². The van der Waals surface area contributed by atoms with E-state index in [1.807, 2.05) is 0 Å². The molecule has 3 aliphatic rings. The van der Waals surface area contributed by atoms with E-state index in [0.29, 0.717) is 32.2 Å². The number of anilines is 1. The molecule has 1 aliphatic carbocycles. The fourth-order valence-electron chi connectivity index (χ4n) is 3.98. The Morgan fingerprint density at radius 1 is 1.03 bits per heavy atom. The van der Waals surface area contributed by atoms with Crippen molar-refractivity contribution in [2.45, 2.75) is 12.8 Å². The lowest BCUT2D eigenvalue weighted by Gasteiger charge is -2.35. The Kier molecular flexibility index (Phi) is 6.92. The van der Waals surface area contributed by atoms with Crippen LogP contribution in [0.15, 0.2) is 77.2 Å². The van der Waals surface area contributed by atoms with Crippen molar-refractivity contribution in [1.29, 1.82) is 0 Å². The minimum absolute atomic E-state index is 0.183. The van der Waals surface area contributed by atoms with Crippen LogP contribution < -0.4 is 4.90 Å². The maximum absolute atomic E-state index is 13.2. The molecule has 162 valence electrons. The van der Waals surface area contributed by atoms with E-state index in [1.165, 1.54) is 10.5 Å². The second kappa shape index (κ2) is 9.66. The summed E-state index contributed by atoms with van der Waals surface area (Å²) in [5.74, 6) is -0.183. The largest absolute Gasteiger partial charge is 0.363 e. The second-order valence-corrected chi connectivity index (χ2v) is 8.91. The molecule has 0 spiro atoms. The Morgan fingerprint density at radius 2 is 1.81 bits per heavy atom. The number of allylic oxidation sites excluding steroid dienone is 6. The molecule has 0 bridgehead atoms. The summed E-state index contributed by atoms with van der Waals surface area (Å²) in [5.41, 5.74) is 2.84. The molecule has 0 radical (unpaired) electrons. The summed E-state index contributed by atoms with van der Waals surface area (Å²) in [5, 5.41) is 1.20. The van der Waals surface area contributed by atoms with Gasteiger partial charge in [0.05, 0.1) is 26.5 Å². The molecule has 4 nitrogen and oxygen atoms in total. The average Bonchev–Trinajstić information content (AvgIpc) is 3.00. The maximum Gasteiger partial charge on any atom is 0.280 e.